The number of β-amino-alcohol motifs (C(OH)–C–C–N with tert-alkyl or cyclic N) is 1. The van der Waals surface area contributed by atoms with Crippen LogP contribution >= 0.6 is 0 Å². The maximum atomic E-state index is 11.3. The Morgan fingerprint density at radius 2 is 2.00 bits per heavy atom. The first-order valence-corrected chi connectivity index (χ1v) is 9.02. The Kier molecular flexibility index (Phi) is 6.42. The molecular weight excluding hydrogens is 322 g/mol. The smallest absolute Gasteiger partial charge is 0.173 e. The van der Waals surface area contributed by atoms with Crippen LogP contribution in [0.2, 0.25) is 0 Å². The van der Waals surface area contributed by atoms with Gasteiger partial charge in [-0.15, -0.1) is 0 Å². The summed E-state index contributed by atoms with van der Waals surface area (Å²) in [6.07, 6.45) is 2.56. The first kappa shape index (κ1) is 18.3. The van der Waals surface area contributed by atoms with E-state index in [-0.39, 0.29) is 24.7 Å². The van der Waals surface area contributed by atoms with E-state index >= 15 is 0 Å². The lowest BCUT2D eigenvalue weighted by atomic mass is 10.0. The highest BCUT2D eigenvalue weighted by molar-refractivity contribution is 5.94. The lowest BCUT2D eigenvalue weighted by Gasteiger charge is -2.38. The number of carbonyl (C=O) groups is 1. The molecule has 0 bridgehead atoms. The monoisotopic (exact) mass is 349 g/mol. The van der Waals surface area contributed by atoms with Crippen molar-refractivity contribution < 1.29 is 24.1 Å². The summed E-state index contributed by atoms with van der Waals surface area (Å²) in [5.74, 6) is 0.681. The van der Waals surface area contributed by atoms with Gasteiger partial charge in [0.2, 0.25) is 0 Å². The van der Waals surface area contributed by atoms with E-state index in [9.17, 15) is 9.90 Å². The van der Waals surface area contributed by atoms with Crippen LogP contribution < -0.4 is 4.74 Å². The van der Waals surface area contributed by atoms with Crippen LogP contribution in [-0.4, -0.2) is 67.1 Å². The number of benzene rings is 1. The van der Waals surface area contributed by atoms with Crippen molar-refractivity contribution in [1.82, 2.24) is 4.90 Å². The number of aliphatic hydroxyl groups excluding tert-OH is 1. The zero-order valence-electron chi connectivity index (χ0n) is 14.7. The molecule has 1 aromatic rings. The zero-order chi connectivity index (χ0) is 17.6. The second-order valence-corrected chi connectivity index (χ2v) is 6.71. The third-order valence-electron chi connectivity index (χ3n) is 4.77. The largest absolute Gasteiger partial charge is 0.491 e. The van der Waals surface area contributed by atoms with Gasteiger partial charge in [-0.1, -0.05) is 6.42 Å². The van der Waals surface area contributed by atoms with E-state index in [0.29, 0.717) is 31.1 Å². The Labute approximate surface area is 148 Å². The SMILES string of the molecule is CC(=O)c1ccc(OCC(O)CN2CCCCC2C2OCCO2)cc1. The minimum absolute atomic E-state index is 0.0269. The van der Waals surface area contributed by atoms with Crippen molar-refractivity contribution in [1.29, 1.82) is 0 Å². The summed E-state index contributed by atoms with van der Waals surface area (Å²) in [7, 11) is 0. The molecule has 2 atom stereocenters. The van der Waals surface area contributed by atoms with Crippen LogP contribution in [0.5, 0.6) is 5.75 Å². The molecule has 2 heterocycles. The Balaban J connectivity index is 1.48. The predicted octanol–water partition coefficient (Wildman–Crippen LogP) is 1.86. The minimum atomic E-state index is -0.588. The number of ketones is 1. The number of hydrogen-bond acceptors (Lipinski definition) is 6. The highest BCUT2D eigenvalue weighted by atomic mass is 16.7. The van der Waals surface area contributed by atoms with Crippen LogP contribution in [0.4, 0.5) is 0 Å². The number of likely N-dealkylation sites (tertiary alicyclic amines) is 1. The number of ether oxygens (including phenoxy) is 3. The molecule has 3 rings (SSSR count). The van der Waals surface area contributed by atoms with Crippen molar-refractivity contribution in [3.05, 3.63) is 29.8 Å². The molecule has 2 unspecified atom stereocenters. The van der Waals surface area contributed by atoms with Gasteiger partial charge in [-0.25, -0.2) is 0 Å². The average Bonchev–Trinajstić information content (AvgIpc) is 3.15. The molecule has 0 spiro atoms. The maximum Gasteiger partial charge on any atom is 0.173 e. The quantitative estimate of drug-likeness (QED) is 0.758. The van der Waals surface area contributed by atoms with Crippen LogP contribution in [-0.2, 0) is 9.47 Å². The van der Waals surface area contributed by atoms with Gasteiger partial charge in [-0.3, -0.25) is 9.69 Å². The van der Waals surface area contributed by atoms with E-state index in [2.05, 4.69) is 4.90 Å². The molecule has 0 amide bonds. The molecule has 1 N–H and O–H groups in total. The molecule has 2 aliphatic rings. The Bertz CT molecular complexity index is 555. The number of aliphatic hydroxyl groups is 1. The second kappa shape index (κ2) is 8.76. The van der Waals surface area contributed by atoms with E-state index < -0.39 is 6.10 Å². The molecule has 6 heteroatoms. The lowest BCUT2D eigenvalue weighted by molar-refractivity contribution is -0.115. The van der Waals surface area contributed by atoms with Crippen molar-refractivity contribution >= 4 is 5.78 Å². The van der Waals surface area contributed by atoms with Gasteiger partial charge in [-0.2, -0.15) is 0 Å². The molecule has 0 saturated carbocycles. The van der Waals surface area contributed by atoms with E-state index in [1.807, 2.05) is 0 Å². The molecule has 6 nitrogen and oxygen atoms in total. The van der Waals surface area contributed by atoms with E-state index in [4.69, 9.17) is 14.2 Å². The van der Waals surface area contributed by atoms with Crippen LogP contribution in [0.15, 0.2) is 24.3 Å². The van der Waals surface area contributed by atoms with Gasteiger partial charge < -0.3 is 19.3 Å². The molecule has 2 fully saturated rings. The average molecular weight is 349 g/mol. The number of rotatable bonds is 7. The highest BCUT2D eigenvalue weighted by Crippen LogP contribution is 2.24. The number of Topliss-reactive ketones (excluding diaryl/α,β-unsaturated/α-hetero) is 1. The number of nitrogens with zero attached hydrogens (tertiary/aromatic N) is 1. The molecular formula is C19H27NO5. The summed E-state index contributed by atoms with van der Waals surface area (Å²) in [4.78, 5) is 13.5. The van der Waals surface area contributed by atoms with Gasteiger partial charge in [0, 0.05) is 12.1 Å². The van der Waals surface area contributed by atoms with Gasteiger partial charge in [0.05, 0.1) is 19.3 Å². The first-order chi connectivity index (χ1) is 12.1. The summed E-state index contributed by atoms with van der Waals surface area (Å²) in [5, 5.41) is 10.4. The summed E-state index contributed by atoms with van der Waals surface area (Å²) in [6.45, 7) is 4.53. The number of piperidine rings is 1. The Morgan fingerprint density at radius 3 is 2.68 bits per heavy atom. The summed E-state index contributed by atoms with van der Waals surface area (Å²) in [5.41, 5.74) is 0.653. The van der Waals surface area contributed by atoms with Crippen LogP contribution in [0, 0.1) is 0 Å². The van der Waals surface area contributed by atoms with Gasteiger partial charge >= 0.3 is 0 Å². The molecule has 25 heavy (non-hydrogen) atoms. The number of carbonyl (C=O) groups excluding carboxylic acids is 1. The van der Waals surface area contributed by atoms with Crippen LogP contribution in [0.1, 0.15) is 36.5 Å². The molecule has 138 valence electrons. The highest BCUT2D eigenvalue weighted by Gasteiger charge is 2.34. The molecule has 0 radical (unpaired) electrons. The van der Waals surface area contributed by atoms with Gasteiger partial charge in [0.1, 0.15) is 18.5 Å². The van der Waals surface area contributed by atoms with E-state index in [1.165, 1.54) is 13.3 Å². The third kappa shape index (κ3) is 5.01. The van der Waals surface area contributed by atoms with E-state index in [1.54, 1.807) is 24.3 Å². The van der Waals surface area contributed by atoms with Crippen molar-refractivity contribution in [2.45, 2.75) is 44.6 Å². The van der Waals surface area contributed by atoms with Crippen molar-refractivity contribution in [3.8, 4) is 5.75 Å². The Morgan fingerprint density at radius 1 is 1.28 bits per heavy atom. The van der Waals surface area contributed by atoms with Gasteiger partial charge in [-0.05, 0) is 50.6 Å². The fourth-order valence-corrected chi connectivity index (χ4v) is 3.45. The molecule has 0 aliphatic carbocycles. The van der Waals surface area contributed by atoms with Gasteiger partial charge in [0.25, 0.3) is 0 Å². The first-order valence-electron chi connectivity index (χ1n) is 9.02. The predicted molar refractivity (Wildman–Crippen MR) is 92.9 cm³/mol. The topological polar surface area (TPSA) is 68.2 Å². The molecule has 0 aromatic heterocycles. The molecule has 1 aromatic carbocycles. The van der Waals surface area contributed by atoms with Crippen molar-refractivity contribution in [2.75, 3.05) is 32.9 Å². The standard InChI is InChI=1S/C19H27NO5/c1-14(21)15-5-7-17(8-6-15)25-13-16(22)12-20-9-3-2-4-18(20)19-23-10-11-24-19/h5-8,16,18-19,22H,2-4,9-13H2,1H3. The minimum Gasteiger partial charge on any atom is -0.491 e. The maximum absolute atomic E-state index is 11.3. The third-order valence-corrected chi connectivity index (χ3v) is 4.77. The number of hydrogen-bond donors (Lipinski definition) is 1. The normalized spacial score (nSPS) is 23.5. The van der Waals surface area contributed by atoms with E-state index in [0.717, 1.165) is 19.4 Å². The fourth-order valence-electron chi connectivity index (χ4n) is 3.45. The summed E-state index contributed by atoms with van der Waals surface area (Å²) in [6, 6.07) is 7.19. The van der Waals surface area contributed by atoms with Crippen LogP contribution in [0.3, 0.4) is 0 Å². The van der Waals surface area contributed by atoms with Crippen molar-refractivity contribution in [2.24, 2.45) is 0 Å². The Hall–Kier alpha value is -1.47. The second-order valence-electron chi connectivity index (χ2n) is 6.71. The zero-order valence-corrected chi connectivity index (χ0v) is 14.7. The molecule has 2 saturated heterocycles. The fraction of sp³-hybridized carbons (Fsp3) is 0.632. The summed E-state index contributed by atoms with van der Waals surface area (Å²) < 4.78 is 17.0. The summed E-state index contributed by atoms with van der Waals surface area (Å²) >= 11 is 0. The van der Waals surface area contributed by atoms with Gasteiger partial charge in [0.15, 0.2) is 12.1 Å². The molecule has 2 aliphatic heterocycles. The van der Waals surface area contributed by atoms with Crippen molar-refractivity contribution in [3.63, 3.8) is 0 Å². The van der Waals surface area contributed by atoms with Crippen LogP contribution in [0.25, 0.3) is 0 Å². The lowest BCUT2D eigenvalue weighted by Crippen LogP contribution is -2.50.